The Balaban J connectivity index is 1.57. The molecule has 1 amide bonds. The molecule has 0 fully saturated rings. The zero-order chi connectivity index (χ0) is 20.9. The number of aryl methyl sites for hydroxylation is 1. The van der Waals surface area contributed by atoms with Crippen LogP contribution < -0.4 is 5.32 Å². The minimum atomic E-state index is -0.136. The van der Waals surface area contributed by atoms with Crippen LogP contribution in [0.15, 0.2) is 65.1 Å². The molecule has 0 aliphatic carbocycles. The Bertz CT molecular complexity index is 1160. The van der Waals surface area contributed by atoms with Gasteiger partial charge in [0.15, 0.2) is 16.1 Å². The van der Waals surface area contributed by atoms with Gasteiger partial charge in [0.1, 0.15) is 0 Å². The van der Waals surface area contributed by atoms with Crippen molar-refractivity contribution in [1.29, 1.82) is 0 Å². The molecule has 0 aliphatic rings. The average Bonchev–Trinajstić information content (AvgIpc) is 3.33. The predicted octanol–water partition coefficient (Wildman–Crippen LogP) is 5.14. The second kappa shape index (κ2) is 9.42. The Morgan fingerprint density at radius 1 is 1.13 bits per heavy atom. The topological polar surface area (TPSA) is 72.7 Å². The van der Waals surface area contributed by atoms with Gasteiger partial charge in [-0.1, -0.05) is 65.8 Å². The van der Waals surface area contributed by atoms with Crippen molar-refractivity contribution in [2.75, 3.05) is 11.1 Å². The molecule has 4 aromatic rings. The monoisotopic (exact) mass is 455 g/mol. The molecule has 0 radical (unpaired) electrons. The highest BCUT2D eigenvalue weighted by Crippen LogP contribution is 2.30. The fraction of sp³-hybridized carbons (Fsp3) is 0.143. The van der Waals surface area contributed by atoms with Gasteiger partial charge in [0, 0.05) is 10.9 Å². The molecule has 0 unspecified atom stereocenters. The Kier molecular flexibility index (Phi) is 6.47. The number of nitrogens with one attached hydrogen (secondary N) is 1. The molecule has 0 saturated heterocycles. The molecular formula is C21H18ClN5OS2. The van der Waals surface area contributed by atoms with Crippen LogP contribution >= 0.6 is 34.7 Å². The summed E-state index contributed by atoms with van der Waals surface area (Å²) in [6, 6.07) is 17.6. The molecule has 2 aromatic carbocycles. The quantitative estimate of drug-likeness (QED) is 0.390. The molecule has 4 rings (SSSR count). The van der Waals surface area contributed by atoms with Crippen LogP contribution in [-0.4, -0.2) is 31.4 Å². The summed E-state index contributed by atoms with van der Waals surface area (Å²) in [5.74, 6) is 0.736. The standard InChI is InChI=1S/C21H18ClN5OS2/c1-14-12-29-20(23-14)24-18(28)13-30-21-26-25-19(16-9-5-6-10-17(16)22)27(21)11-15-7-3-2-4-8-15/h2-10,12H,11,13H2,1H3,(H,23,24,28). The molecule has 0 atom stereocenters. The van der Waals surface area contributed by atoms with E-state index in [1.165, 1.54) is 23.1 Å². The lowest BCUT2D eigenvalue weighted by Crippen LogP contribution is -2.14. The van der Waals surface area contributed by atoms with Gasteiger partial charge in [-0.05, 0) is 24.6 Å². The van der Waals surface area contributed by atoms with Gasteiger partial charge in [-0.25, -0.2) is 4.98 Å². The maximum Gasteiger partial charge on any atom is 0.236 e. The summed E-state index contributed by atoms with van der Waals surface area (Å²) in [6.45, 7) is 2.47. The van der Waals surface area contributed by atoms with Crippen molar-refractivity contribution in [1.82, 2.24) is 19.7 Å². The van der Waals surface area contributed by atoms with Crippen molar-refractivity contribution in [3.8, 4) is 11.4 Å². The summed E-state index contributed by atoms with van der Waals surface area (Å²) in [4.78, 5) is 16.6. The first-order valence-corrected chi connectivity index (χ1v) is 11.4. The van der Waals surface area contributed by atoms with E-state index in [2.05, 4.69) is 20.5 Å². The number of hydrogen-bond donors (Lipinski definition) is 1. The highest BCUT2D eigenvalue weighted by Gasteiger charge is 2.18. The maximum atomic E-state index is 12.4. The number of thiazole rings is 1. The van der Waals surface area contributed by atoms with E-state index < -0.39 is 0 Å². The van der Waals surface area contributed by atoms with Crippen LogP contribution in [0, 0.1) is 6.92 Å². The molecular weight excluding hydrogens is 438 g/mol. The summed E-state index contributed by atoms with van der Waals surface area (Å²) in [7, 11) is 0. The van der Waals surface area contributed by atoms with Crippen LogP contribution in [0.3, 0.4) is 0 Å². The number of amides is 1. The van der Waals surface area contributed by atoms with Crippen molar-refractivity contribution in [3.05, 3.63) is 76.3 Å². The minimum absolute atomic E-state index is 0.136. The second-order valence-corrected chi connectivity index (χ2v) is 8.70. The van der Waals surface area contributed by atoms with Gasteiger partial charge >= 0.3 is 0 Å². The number of anilines is 1. The number of nitrogens with zero attached hydrogens (tertiary/aromatic N) is 4. The van der Waals surface area contributed by atoms with Crippen LogP contribution in [0.2, 0.25) is 5.02 Å². The van der Waals surface area contributed by atoms with Crippen LogP contribution in [0.5, 0.6) is 0 Å². The van der Waals surface area contributed by atoms with Crippen LogP contribution in [-0.2, 0) is 11.3 Å². The molecule has 9 heteroatoms. The van der Waals surface area contributed by atoms with E-state index in [-0.39, 0.29) is 11.7 Å². The van der Waals surface area contributed by atoms with E-state index in [0.717, 1.165) is 16.8 Å². The van der Waals surface area contributed by atoms with Crippen LogP contribution in [0.1, 0.15) is 11.3 Å². The van der Waals surface area contributed by atoms with Crippen LogP contribution in [0.4, 0.5) is 5.13 Å². The van der Waals surface area contributed by atoms with Gasteiger partial charge in [-0.15, -0.1) is 21.5 Å². The highest BCUT2D eigenvalue weighted by atomic mass is 35.5. The Hall–Kier alpha value is -2.68. The third-order valence-corrected chi connectivity index (χ3v) is 6.38. The van der Waals surface area contributed by atoms with E-state index in [9.17, 15) is 4.79 Å². The highest BCUT2D eigenvalue weighted by molar-refractivity contribution is 7.99. The molecule has 0 aliphatic heterocycles. The van der Waals surface area contributed by atoms with E-state index in [1.807, 2.05) is 71.5 Å². The lowest BCUT2D eigenvalue weighted by atomic mass is 10.2. The number of aromatic nitrogens is 4. The first-order valence-electron chi connectivity index (χ1n) is 9.17. The second-order valence-electron chi connectivity index (χ2n) is 6.49. The normalized spacial score (nSPS) is 10.9. The van der Waals surface area contributed by atoms with Gasteiger partial charge in [0.25, 0.3) is 0 Å². The lowest BCUT2D eigenvalue weighted by Gasteiger charge is -2.11. The molecule has 2 heterocycles. The summed E-state index contributed by atoms with van der Waals surface area (Å²) < 4.78 is 1.99. The molecule has 2 aromatic heterocycles. The Morgan fingerprint density at radius 2 is 1.90 bits per heavy atom. The van der Waals surface area contributed by atoms with Crippen molar-refractivity contribution in [2.45, 2.75) is 18.6 Å². The fourth-order valence-corrected chi connectivity index (χ4v) is 4.51. The summed E-state index contributed by atoms with van der Waals surface area (Å²) >= 11 is 9.15. The molecule has 6 nitrogen and oxygen atoms in total. The molecule has 0 spiro atoms. The number of carbonyl (C=O) groups is 1. The first-order chi connectivity index (χ1) is 14.6. The minimum Gasteiger partial charge on any atom is -0.301 e. The number of thioether (sulfide) groups is 1. The van der Waals surface area contributed by atoms with Crippen molar-refractivity contribution < 1.29 is 4.79 Å². The zero-order valence-electron chi connectivity index (χ0n) is 16.1. The first kappa shape index (κ1) is 20.6. The SMILES string of the molecule is Cc1csc(NC(=O)CSc2nnc(-c3ccccc3Cl)n2Cc2ccccc2)n1. The molecule has 0 saturated carbocycles. The van der Waals surface area contributed by atoms with Crippen molar-refractivity contribution >= 4 is 45.7 Å². The summed E-state index contributed by atoms with van der Waals surface area (Å²) in [5, 5.41) is 15.3. The van der Waals surface area contributed by atoms with E-state index in [0.29, 0.717) is 27.7 Å². The third-order valence-electron chi connectivity index (χ3n) is 4.21. The van der Waals surface area contributed by atoms with Crippen molar-refractivity contribution in [2.24, 2.45) is 0 Å². The lowest BCUT2D eigenvalue weighted by molar-refractivity contribution is -0.113. The maximum absolute atomic E-state index is 12.4. The van der Waals surface area contributed by atoms with E-state index in [4.69, 9.17) is 11.6 Å². The molecule has 152 valence electrons. The third kappa shape index (κ3) is 4.89. The van der Waals surface area contributed by atoms with Crippen molar-refractivity contribution in [3.63, 3.8) is 0 Å². The summed E-state index contributed by atoms with van der Waals surface area (Å²) in [5.41, 5.74) is 2.79. The molecule has 0 bridgehead atoms. The molecule has 1 N–H and O–H groups in total. The largest absolute Gasteiger partial charge is 0.301 e. The number of carbonyl (C=O) groups excluding carboxylic acids is 1. The number of halogens is 1. The van der Waals surface area contributed by atoms with Crippen LogP contribution in [0.25, 0.3) is 11.4 Å². The fourth-order valence-electron chi connectivity index (χ4n) is 2.84. The average molecular weight is 456 g/mol. The van der Waals surface area contributed by atoms with Gasteiger partial charge in [0.05, 0.1) is 23.0 Å². The summed E-state index contributed by atoms with van der Waals surface area (Å²) in [6.07, 6.45) is 0. The van der Waals surface area contributed by atoms with Gasteiger partial charge in [-0.3, -0.25) is 9.36 Å². The number of benzene rings is 2. The predicted molar refractivity (Wildman–Crippen MR) is 122 cm³/mol. The molecule has 30 heavy (non-hydrogen) atoms. The Labute approximate surface area is 187 Å². The smallest absolute Gasteiger partial charge is 0.236 e. The Morgan fingerprint density at radius 3 is 2.63 bits per heavy atom. The number of hydrogen-bond acceptors (Lipinski definition) is 6. The van der Waals surface area contributed by atoms with Gasteiger partial charge in [-0.2, -0.15) is 0 Å². The zero-order valence-corrected chi connectivity index (χ0v) is 18.5. The van der Waals surface area contributed by atoms with E-state index >= 15 is 0 Å². The van der Waals surface area contributed by atoms with Gasteiger partial charge < -0.3 is 5.32 Å². The van der Waals surface area contributed by atoms with E-state index in [1.54, 1.807) is 0 Å². The van der Waals surface area contributed by atoms with Gasteiger partial charge in [0.2, 0.25) is 5.91 Å². The number of rotatable bonds is 7.